The summed E-state index contributed by atoms with van der Waals surface area (Å²) >= 11 is 0. The number of aliphatic carboxylic acids is 1. The summed E-state index contributed by atoms with van der Waals surface area (Å²) in [5, 5.41) is 8.24. The van der Waals surface area contributed by atoms with Gasteiger partial charge in [-0.15, -0.1) is 0 Å². The van der Waals surface area contributed by atoms with E-state index >= 15 is 0 Å². The second-order valence-electron chi connectivity index (χ2n) is 3.07. The number of carbonyl (C=O) groups is 2. The second kappa shape index (κ2) is 5.52. The fraction of sp³-hybridized carbons (Fsp3) is 0.556. The maximum atomic E-state index is 10.8. The van der Waals surface area contributed by atoms with Crippen LogP contribution in [0, 0.1) is 5.92 Å². The van der Waals surface area contributed by atoms with Gasteiger partial charge in [0.2, 0.25) is 0 Å². The Morgan fingerprint density at radius 2 is 2.00 bits per heavy atom. The number of hydrogen-bond acceptors (Lipinski definition) is 2. The molecule has 0 unspecified atom stereocenters. The Labute approximate surface area is 72.1 Å². The predicted octanol–water partition coefficient (Wildman–Crippen LogP) is 1.63. The molecule has 0 heterocycles. The number of ketones is 1. The Balaban J connectivity index is 3.68. The minimum atomic E-state index is -1.07. The summed E-state index contributed by atoms with van der Waals surface area (Å²) < 4.78 is 0. The summed E-state index contributed by atoms with van der Waals surface area (Å²) in [7, 11) is 0. The Bertz CT molecular complexity index is 192. The molecule has 0 aromatic carbocycles. The van der Waals surface area contributed by atoms with Gasteiger partial charge in [-0.25, -0.2) is 0 Å². The van der Waals surface area contributed by atoms with Crippen LogP contribution < -0.4 is 0 Å². The van der Waals surface area contributed by atoms with Crippen molar-refractivity contribution in [1.82, 2.24) is 0 Å². The molecule has 0 amide bonds. The van der Waals surface area contributed by atoms with Gasteiger partial charge in [0.15, 0.2) is 5.78 Å². The molecule has 1 N–H and O–H groups in total. The lowest BCUT2D eigenvalue weighted by atomic mass is 10.1. The molecule has 0 aliphatic carbocycles. The Hall–Kier alpha value is -1.12. The van der Waals surface area contributed by atoms with E-state index in [4.69, 9.17) is 5.11 Å². The van der Waals surface area contributed by atoms with Crippen LogP contribution in [0.5, 0.6) is 0 Å². The van der Waals surface area contributed by atoms with Crippen molar-refractivity contribution in [1.29, 1.82) is 0 Å². The van der Waals surface area contributed by atoms with Crippen molar-refractivity contribution in [2.75, 3.05) is 0 Å². The molecule has 0 fully saturated rings. The van der Waals surface area contributed by atoms with E-state index in [1.165, 1.54) is 6.08 Å². The number of carboxylic acids is 1. The third-order valence-corrected chi connectivity index (χ3v) is 1.24. The summed E-state index contributed by atoms with van der Waals surface area (Å²) in [6.07, 6.45) is 3.46. The highest BCUT2D eigenvalue weighted by molar-refractivity contribution is 6.01. The first kappa shape index (κ1) is 10.9. The summed E-state index contributed by atoms with van der Waals surface area (Å²) in [6, 6.07) is 0. The molecule has 68 valence electrons. The van der Waals surface area contributed by atoms with Gasteiger partial charge in [-0.3, -0.25) is 9.59 Å². The van der Waals surface area contributed by atoms with Crippen LogP contribution in [0.4, 0.5) is 0 Å². The molecular weight excluding hydrogens is 156 g/mol. The van der Waals surface area contributed by atoms with Crippen LogP contribution in [0.2, 0.25) is 0 Å². The molecule has 3 heteroatoms. The maximum absolute atomic E-state index is 10.8. The van der Waals surface area contributed by atoms with Crippen molar-refractivity contribution in [3.8, 4) is 0 Å². The van der Waals surface area contributed by atoms with Crippen molar-refractivity contribution >= 4 is 11.8 Å². The van der Waals surface area contributed by atoms with E-state index in [2.05, 4.69) is 0 Å². The molecule has 0 saturated carbocycles. The van der Waals surface area contributed by atoms with Gasteiger partial charge in [-0.1, -0.05) is 19.9 Å². The molecule has 0 aromatic heterocycles. The van der Waals surface area contributed by atoms with E-state index in [1.807, 2.05) is 13.8 Å². The first-order valence-corrected chi connectivity index (χ1v) is 3.93. The summed E-state index contributed by atoms with van der Waals surface area (Å²) in [4.78, 5) is 20.8. The minimum absolute atomic E-state index is 0.344. The normalized spacial score (nSPS) is 10.9. The highest BCUT2D eigenvalue weighted by Crippen LogP contribution is 2.00. The highest BCUT2D eigenvalue weighted by Gasteiger charge is 2.02. The maximum Gasteiger partial charge on any atom is 0.311 e. The van der Waals surface area contributed by atoms with Crippen LogP contribution in [0.15, 0.2) is 12.2 Å². The molecule has 0 rings (SSSR count). The van der Waals surface area contributed by atoms with Gasteiger partial charge in [0, 0.05) is 0 Å². The van der Waals surface area contributed by atoms with Crippen molar-refractivity contribution in [3.05, 3.63) is 12.2 Å². The number of allylic oxidation sites excluding steroid dienone is 2. The molecule has 0 aromatic rings. The third kappa shape index (κ3) is 6.99. The Kier molecular flexibility index (Phi) is 5.00. The van der Waals surface area contributed by atoms with E-state index in [9.17, 15) is 9.59 Å². The highest BCUT2D eigenvalue weighted by atomic mass is 16.4. The van der Waals surface area contributed by atoms with Gasteiger partial charge in [0.25, 0.3) is 0 Å². The van der Waals surface area contributed by atoms with Crippen molar-refractivity contribution in [2.24, 2.45) is 5.92 Å². The predicted molar refractivity (Wildman–Crippen MR) is 45.9 cm³/mol. The summed E-state index contributed by atoms with van der Waals surface area (Å²) in [6.45, 7) is 4.07. The Morgan fingerprint density at radius 3 is 2.42 bits per heavy atom. The van der Waals surface area contributed by atoms with Crippen molar-refractivity contribution in [2.45, 2.75) is 26.7 Å². The monoisotopic (exact) mass is 170 g/mol. The summed E-state index contributed by atoms with van der Waals surface area (Å²) in [5.74, 6) is -0.920. The van der Waals surface area contributed by atoms with Gasteiger partial charge in [-0.05, 0) is 18.4 Å². The topological polar surface area (TPSA) is 54.4 Å². The van der Waals surface area contributed by atoms with Gasteiger partial charge < -0.3 is 5.11 Å². The van der Waals surface area contributed by atoms with Crippen LogP contribution >= 0.6 is 0 Å². The van der Waals surface area contributed by atoms with E-state index in [0.29, 0.717) is 5.92 Å². The fourth-order valence-electron chi connectivity index (χ4n) is 0.680. The lowest BCUT2D eigenvalue weighted by molar-refractivity contribution is -0.139. The average Bonchev–Trinajstić information content (AvgIpc) is 1.84. The van der Waals surface area contributed by atoms with E-state index in [0.717, 1.165) is 6.42 Å². The molecule has 3 nitrogen and oxygen atoms in total. The van der Waals surface area contributed by atoms with Gasteiger partial charge >= 0.3 is 5.97 Å². The molecule has 0 aliphatic rings. The molecule has 0 bridgehead atoms. The number of rotatable bonds is 5. The largest absolute Gasteiger partial charge is 0.481 e. The summed E-state index contributed by atoms with van der Waals surface area (Å²) in [5.41, 5.74) is 0. The first-order valence-electron chi connectivity index (χ1n) is 3.93. The quantitative estimate of drug-likeness (QED) is 0.504. The molecule has 0 aliphatic heterocycles. The van der Waals surface area contributed by atoms with Gasteiger partial charge in [0.1, 0.15) is 6.42 Å². The van der Waals surface area contributed by atoms with Crippen molar-refractivity contribution < 1.29 is 14.7 Å². The van der Waals surface area contributed by atoms with Crippen LogP contribution in [0.1, 0.15) is 26.7 Å². The van der Waals surface area contributed by atoms with Crippen LogP contribution in [-0.4, -0.2) is 16.9 Å². The number of carbonyl (C=O) groups excluding carboxylic acids is 1. The lowest BCUT2D eigenvalue weighted by Crippen LogP contribution is -2.03. The standard InChI is InChI=1S/C9H14O3/c1-7(2)4-3-5-8(10)6-9(11)12/h3,5,7H,4,6H2,1-2H3,(H,11,12). The van der Waals surface area contributed by atoms with E-state index < -0.39 is 12.4 Å². The van der Waals surface area contributed by atoms with E-state index in [-0.39, 0.29) is 5.78 Å². The van der Waals surface area contributed by atoms with E-state index in [1.54, 1.807) is 6.08 Å². The molecule has 0 spiro atoms. The minimum Gasteiger partial charge on any atom is -0.481 e. The molecule has 0 atom stereocenters. The molecular formula is C9H14O3. The third-order valence-electron chi connectivity index (χ3n) is 1.24. The van der Waals surface area contributed by atoms with Gasteiger partial charge in [0.05, 0.1) is 0 Å². The average molecular weight is 170 g/mol. The van der Waals surface area contributed by atoms with Crippen LogP contribution in [0.25, 0.3) is 0 Å². The first-order chi connectivity index (χ1) is 5.52. The molecule has 12 heavy (non-hydrogen) atoms. The van der Waals surface area contributed by atoms with Crippen LogP contribution in [-0.2, 0) is 9.59 Å². The zero-order valence-electron chi connectivity index (χ0n) is 7.41. The second-order valence-corrected chi connectivity index (χ2v) is 3.07. The Morgan fingerprint density at radius 1 is 1.42 bits per heavy atom. The zero-order chi connectivity index (χ0) is 9.56. The number of hydrogen-bond donors (Lipinski definition) is 1. The van der Waals surface area contributed by atoms with Crippen LogP contribution in [0.3, 0.4) is 0 Å². The smallest absolute Gasteiger partial charge is 0.311 e. The lowest BCUT2D eigenvalue weighted by Gasteiger charge is -1.95. The number of carboxylic acid groups (broad SMARTS) is 1. The molecule has 0 saturated heterocycles. The van der Waals surface area contributed by atoms with Gasteiger partial charge in [-0.2, -0.15) is 0 Å². The SMILES string of the molecule is CC(C)CC=CC(=O)CC(=O)O. The fourth-order valence-corrected chi connectivity index (χ4v) is 0.680. The zero-order valence-corrected chi connectivity index (χ0v) is 7.41. The molecule has 0 radical (unpaired) electrons. The van der Waals surface area contributed by atoms with Crippen molar-refractivity contribution in [3.63, 3.8) is 0 Å².